The zero-order valence-electron chi connectivity index (χ0n) is 24.4. The second-order valence-corrected chi connectivity index (χ2v) is 11.3. The lowest BCUT2D eigenvalue weighted by Crippen LogP contribution is -2.29. The van der Waals surface area contributed by atoms with Crippen molar-refractivity contribution in [2.24, 2.45) is 0 Å². The van der Waals surface area contributed by atoms with Crippen LogP contribution in [0.2, 0.25) is 0 Å². The van der Waals surface area contributed by atoms with Crippen LogP contribution in [0.3, 0.4) is 0 Å². The Morgan fingerprint density at radius 2 is 1.77 bits per heavy atom. The number of fused-ring (bicyclic) bond motifs is 1. The maximum Gasteiger partial charge on any atom is 0.350 e. The number of aliphatic hydroxyl groups excluding tert-OH is 1. The lowest BCUT2D eigenvalue weighted by Gasteiger charge is -2.23. The number of amides is 1. The molecule has 0 bridgehead atoms. The molecule has 10 nitrogen and oxygen atoms in total. The van der Waals surface area contributed by atoms with Crippen molar-refractivity contribution < 1.29 is 29.0 Å². The van der Waals surface area contributed by atoms with E-state index in [1.807, 2.05) is 60.0 Å². The number of methoxy groups -OCH3 is 1. The maximum atomic E-state index is 13.8. The summed E-state index contributed by atoms with van der Waals surface area (Å²) in [6.45, 7) is 5.61. The molecule has 2 aromatic carbocycles. The van der Waals surface area contributed by atoms with Gasteiger partial charge in [-0.3, -0.25) is 14.5 Å². The molecule has 3 aromatic heterocycles. The summed E-state index contributed by atoms with van der Waals surface area (Å²) in [4.78, 5) is 50.4. The van der Waals surface area contributed by atoms with Crippen LogP contribution in [0.4, 0.5) is 5.13 Å². The van der Waals surface area contributed by atoms with E-state index in [2.05, 4.69) is 9.97 Å². The van der Waals surface area contributed by atoms with Crippen LogP contribution in [0, 0.1) is 20.8 Å². The first kappa shape index (κ1) is 28.8. The van der Waals surface area contributed by atoms with Gasteiger partial charge in [-0.1, -0.05) is 59.9 Å². The average Bonchev–Trinajstić information content (AvgIpc) is 3.67. The fraction of sp³-hybridized carbons (Fsp3) is 0.182. The summed E-state index contributed by atoms with van der Waals surface area (Å²) in [5.74, 6) is -2.30. The van der Waals surface area contributed by atoms with Gasteiger partial charge in [-0.05, 0) is 55.7 Å². The van der Waals surface area contributed by atoms with E-state index in [0.29, 0.717) is 35.0 Å². The lowest BCUT2D eigenvalue weighted by molar-refractivity contribution is -0.132. The van der Waals surface area contributed by atoms with Crippen molar-refractivity contribution in [3.8, 4) is 5.75 Å². The first-order valence-electron chi connectivity index (χ1n) is 13.8. The Kier molecular flexibility index (Phi) is 7.48. The molecule has 1 N–H and O–H groups in total. The van der Waals surface area contributed by atoms with E-state index in [1.54, 1.807) is 38.1 Å². The van der Waals surface area contributed by atoms with E-state index in [-0.39, 0.29) is 21.3 Å². The molecule has 222 valence electrons. The Hall–Kier alpha value is -5.29. The van der Waals surface area contributed by atoms with E-state index in [4.69, 9.17) is 9.47 Å². The molecule has 0 aliphatic carbocycles. The van der Waals surface area contributed by atoms with Crippen molar-refractivity contribution in [2.45, 2.75) is 33.4 Å². The minimum atomic E-state index is -1.09. The van der Waals surface area contributed by atoms with E-state index >= 15 is 0 Å². The number of nitrogens with zero attached hydrogens (tertiary/aromatic N) is 4. The number of Topliss-reactive ketones (excluding diaryl/α,β-unsaturated/α-hetero) is 1. The molecule has 1 saturated heterocycles. The van der Waals surface area contributed by atoms with Gasteiger partial charge in [-0.25, -0.2) is 14.8 Å². The predicted molar refractivity (Wildman–Crippen MR) is 165 cm³/mol. The first-order valence-corrected chi connectivity index (χ1v) is 14.6. The number of hydrogen-bond acceptors (Lipinski definition) is 9. The van der Waals surface area contributed by atoms with Crippen molar-refractivity contribution in [3.05, 3.63) is 117 Å². The van der Waals surface area contributed by atoms with Crippen molar-refractivity contribution in [2.75, 3.05) is 12.0 Å². The van der Waals surface area contributed by atoms with Crippen molar-refractivity contribution in [3.63, 3.8) is 0 Å². The molecule has 1 amide bonds. The number of hydrogen-bond donors (Lipinski definition) is 1. The highest BCUT2D eigenvalue weighted by Crippen LogP contribution is 2.44. The van der Waals surface area contributed by atoms with Gasteiger partial charge in [0, 0.05) is 6.20 Å². The molecule has 1 atom stereocenters. The first-order chi connectivity index (χ1) is 21.2. The van der Waals surface area contributed by atoms with Crippen LogP contribution < -0.4 is 9.64 Å². The number of esters is 1. The van der Waals surface area contributed by atoms with E-state index in [9.17, 15) is 19.5 Å². The third kappa shape index (κ3) is 4.90. The Balaban J connectivity index is 1.51. The number of pyridine rings is 1. The lowest BCUT2D eigenvalue weighted by atomic mass is 9.96. The summed E-state index contributed by atoms with van der Waals surface area (Å²) in [6, 6.07) is 19.3. The predicted octanol–water partition coefficient (Wildman–Crippen LogP) is 5.71. The number of anilines is 1. The number of ether oxygens (including phenoxy) is 2. The van der Waals surface area contributed by atoms with Gasteiger partial charge in [0.25, 0.3) is 5.78 Å². The van der Waals surface area contributed by atoms with Gasteiger partial charge >= 0.3 is 11.9 Å². The maximum absolute atomic E-state index is 13.8. The smallest absolute Gasteiger partial charge is 0.350 e. The highest BCUT2D eigenvalue weighted by atomic mass is 32.1. The SMILES string of the molecule is COC(=O)c1sc(N2C(=O)C(=O)/C(=C(/O)c3nc4c(C)cccn4c3C)C2c2cccc(OCc3ccccc3)c2)nc1C. The minimum Gasteiger partial charge on any atom is -0.505 e. The molecule has 4 heterocycles. The van der Waals surface area contributed by atoms with Crippen molar-refractivity contribution >= 4 is 45.5 Å². The van der Waals surface area contributed by atoms with Crippen molar-refractivity contribution in [1.29, 1.82) is 0 Å². The average molecular weight is 609 g/mol. The Labute approximate surface area is 256 Å². The van der Waals surface area contributed by atoms with Gasteiger partial charge in [0.05, 0.1) is 30.1 Å². The quantitative estimate of drug-likeness (QED) is 0.108. The number of thiazole rings is 1. The van der Waals surface area contributed by atoms with Crippen LogP contribution in [0.5, 0.6) is 5.75 Å². The number of rotatable bonds is 7. The van der Waals surface area contributed by atoms with Crippen LogP contribution in [0.25, 0.3) is 11.4 Å². The number of aromatic nitrogens is 3. The van der Waals surface area contributed by atoms with Gasteiger partial charge in [0.15, 0.2) is 10.9 Å². The third-order valence-corrected chi connectivity index (χ3v) is 8.67. The highest BCUT2D eigenvalue weighted by Gasteiger charge is 2.49. The highest BCUT2D eigenvalue weighted by molar-refractivity contribution is 7.17. The molecular formula is C33H28N4O6S. The largest absolute Gasteiger partial charge is 0.505 e. The number of carbonyl (C=O) groups is 3. The van der Waals surface area contributed by atoms with Crippen LogP contribution in [0.15, 0.2) is 78.5 Å². The summed E-state index contributed by atoms with van der Waals surface area (Å²) >= 11 is 0.936. The van der Waals surface area contributed by atoms with Gasteiger partial charge in [-0.15, -0.1) is 0 Å². The van der Waals surface area contributed by atoms with Gasteiger partial charge in [0.1, 0.15) is 28.6 Å². The summed E-state index contributed by atoms with van der Waals surface area (Å²) in [5, 5.41) is 11.9. The molecule has 0 saturated carbocycles. The van der Waals surface area contributed by atoms with Crippen LogP contribution in [-0.2, 0) is 20.9 Å². The molecular weight excluding hydrogens is 580 g/mol. The monoisotopic (exact) mass is 608 g/mol. The Morgan fingerprint density at radius 1 is 1.00 bits per heavy atom. The second kappa shape index (κ2) is 11.4. The normalized spacial score (nSPS) is 16.1. The number of aryl methyl sites for hydroxylation is 3. The summed E-state index contributed by atoms with van der Waals surface area (Å²) in [7, 11) is 1.26. The number of carbonyl (C=O) groups excluding carboxylic acids is 3. The van der Waals surface area contributed by atoms with Crippen LogP contribution >= 0.6 is 11.3 Å². The number of aliphatic hydroxyl groups is 1. The molecule has 1 unspecified atom stereocenters. The number of ketones is 1. The minimum absolute atomic E-state index is 0.118. The van der Waals surface area contributed by atoms with Crippen molar-refractivity contribution in [1.82, 2.24) is 14.4 Å². The third-order valence-electron chi connectivity index (χ3n) is 7.54. The molecule has 1 aliphatic heterocycles. The topological polar surface area (TPSA) is 123 Å². The molecule has 11 heteroatoms. The van der Waals surface area contributed by atoms with Gasteiger partial charge in [0.2, 0.25) is 0 Å². The molecule has 0 spiro atoms. The molecule has 5 aromatic rings. The van der Waals surface area contributed by atoms with Gasteiger partial charge < -0.3 is 19.0 Å². The molecule has 0 radical (unpaired) electrons. The number of benzene rings is 2. The summed E-state index contributed by atoms with van der Waals surface area (Å²) in [6.07, 6.45) is 1.82. The molecule has 44 heavy (non-hydrogen) atoms. The molecule has 6 rings (SSSR count). The standard InChI is InChI=1S/C33H28N4O6S/c1-18-10-9-15-36-20(3)25(35-30(18)36)27(38)24-26(22-13-8-14-23(16-22)43-17-21-11-6-5-7-12-21)37(31(40)28(24)39)33-34-19(2)29(44-33)32(41)42-4/h5-16,26,38H,17H2,1-4H3/b27-24+. The fourth-order valence-electron chi connectivity index (χ4n) is 5.30. The van der Waals surface area contributed by atoms with Crippen LogP contribution in [0.1, 0.15) is 49.5 Å². The van der Waals surface area contributed by atoms with Gasteiger partial charge in [-0.2, -0.15) is 0 Å². The van der Waals surface area contributed by atoms with E-state index in [0.717, 1.165) is 22.5 Å². The van der Waals surface area contributed by atoms with Crippen LogP contribution in [-0.4, -0.2) is 44.2 Å². The zero-order valence-corrected chi connectivity index (χ0v) is 25.2. The molecule has 1 fully saturated rings. The number of imidazole rings is 1. The summed E-state index contributed by atoms with van der Waals surface area (Å²) < 4.78 is 12.8. The second-order valence-electron chi connectivity index (χ2n) is 10.3. The Morgan fingerprint density at radius 3 is 2.50 bits per heavy atom. The van der Waals surface area contributed by atoms with E-state index < -0.39 is 29.5 Å². The fourth-order valence-corrected chi connectivity index (χ4v) is 6.31. The zero-order chi connectivity index (χ0) is 31.1. The Bertz CT molecular complexity index is 1980. The van der Waals surface area contributed by atoms with E-state index in [1.165, 1.54) is 12.0 Å². The molecule has 1 aliphatic rings. The summed E-state index contributed by atoms with van der Waals surface area (Å²) in [5.41, 5.74) is 3.96.